The minimum atomic E-state index is -0.160. The lowest BCUT2D eigenvalue weighted by Gasteiger charge is -2.28. The van der Waals surface area contributed by atoms with Crippen LogP contribution in [-0.2, 0) is 0 Å². The number of hydrogen-bond donors (Lipinski definition) is 3. The topological polar surface area (TPSA) is 66.1 Å². The number of amides is 1. The van der Waals surface area contributed by atoms with E-state index < -0.39 is 0 Å². The molecule has 16 heavy (non-hydrogen) atoms. The molecule has 1 amide bonds. The van der Waals surface area contributed by atoms with E-state index in [2.05, 4.69) is 20.9 Å². The molecule has 2 heterocycles. The average molecular weight is 243 g/mol. The highest BCUT2D eigenvalue weighted by molar-refractivity contribution is 5.92. The minimum absolute atomic E-state index is 0. The van der Waals surface area contributed by atoms with Crippen molar-refractivity contribution in [3.05, 3.63) is 24.0 Å². The first-order chi connectivity index (χ1) is 7.29. The Hall–Kier alpha value is -1.33. The second kappa shape index (κ2) is 5.67. The quantitative estimate of drug-likeness (QED) is 0.711. The summed E-state index contributed by atoms with van der Waals surface area (Å²) < 4.78 is 0. The second-order valence-corrected chi connectivity index (χ2v) is 3.51. The Bertz CT molecular complexity index is 350. The van der Waals surface area contributed by atoms with Gasteiger partial charge in [0.25, 0.3) is 5.91 Å². The summed E-state index contributed by atoms with van der Waals surface area (Å²) in [5.41, 5.74) is 1.39. The van der Waals surface area contributed by atoms with E-state index >= 15 is 0 Å². The smallest absolute Gasteiger partial charge is 0.269 e. The third-order valence-corrected chi connectivity index (χ3v) is 2.38. The van der Waals surface area contributed by atoms with Crippen molar-refractivity contribution in [1.82, 2.24) is 15.6 Å². The lowest BCUT2D eigenvalue weighted by atomic mass is 10.2. The molecule has 3 N–H and O–H groups in total. The first kappa shape index (κ1) is 12.7. The number of pyridine rings is 1. The Morgan fingerprint density at radius 2 is 2.25 bits per heavy atom. The number of rotatable bonds is 3. The molecule has 5 nitrogen and oxygen atoms in total. The number of anilines is 1. The fraction of sp³-hybridized carbons (Fsp3) is 0.400. The second-order valence-electron chi connectivity index (χ2n) is 3.51. The number of carbonyl (C=O) groups is 1. The first-order valence-corrected chi connectivity index (χ1v) is 4.95. The molecule has 1 fully saturated rings. The highest BCUT2D eigenvalue weighted by Crippen LogP contribution is 2.09. The van der Waals surface area contributed by atoms with Gasteiger partial charge in [-0.25, -0.2) is 4.98 Å². The van der Waals surface area contributed by atoms with Crippen molar-refractivity contribution in [2.75, 3.05) is 25.5 Å². The van der Waals surface area contributed by atoms with Gasteiger partial charge in [0, 0.05) is 20.1 Å². The molecule has 0 aliphatic carbocycles. The third kappa shape index (κ3) is 2.84. The molecular formula is C10H15ClN4O. The zero-order valence-corrected chi connectivity index (χ0v) is 9.80. The Morgan fingerprint density at radius 1 is 1.50 bits per heavy atom. The van der Waals surface area contributed by atoms with Crippen molar-refractivity contribution in [3.8, 4) is 0 Å². The van der Waals surface area contributed by atoms with Crippen LogP contribution in [0.25, 0.3) is 0 Å². The molecule has 0 aromatic carbocycles. The number of aromatic nitrogens is 1. The predicted molar refractivity (Wildman–Crippen MR) is 65.2 cm³/mol. The molecule has 2 rings (SSSR count). The van der Waals surface area contributed by atoms with E-state index in [1.807, 2.05) is 6.07 Å². The van der Waals surface area contributed by atoms with Crippen LogP contribution in [0.5, 0.6) is 0 Å². The van der Waals surface area contributed by atoms with E-state index in [1.165, 1.54) is 0 Å². The molecule has 1 saturated heterocycles. The first-order valence-electron chi connectivity index (χ1n) is 4.95. The van der Waals surface area contributed by atoms with Crippen molar-refractivity contribution >= 4 is 24.0 Å². The molecule has 0 saturated carbocycles. The van der Waals surface area contributed by atoms with Gasteiger partial charge in [-0.3, -0.25) is 4.79 Å². The van der Waals surface area contributed by atoms with Crippen molar-refractivity contribution < 1.29 is 4.79 Å². The van der Waals surface area contributed by atoms with Crippen molar-refractivity contribution in [1.29, 1.82) is 0 Å². The number of carbonyl (C=O) groups excluding carboxylic acids is 1. The van der Waals surface area contributed by atoms with Gasteiger partial charge in [-0.2, -0.15) is 0 Å². The van der Waals surface area contributed by atoms with Gasteiger partial charge in [0.05, 0.1) is 17.9 Å². The monoisotopic (exact) mass is 242 g/mol. The van der Waals surface area contributed by atoms with Gasteiger partial charge in [0.1, 0.15) is 5.69 Å². The molecule has 1 aromatic rings. The van der Waals surface area contributed by atoms with Crippen LogP contribution < -0.4 is 16.0 Å². The fourth-order valence-electron chi connectivity index (χ4n) is 1.37. The predicted octanol–water partition coefficient (Wildman–Crippen LogP) is 0.247. The zero-order valence-electron chi connectivity index (χ0n) is 8.99. The summed E-state index contributed by atoms with van der Waals surface area (Å²) in [6.45, 7) is 1.97. The summed E-state index contributed by atoms with van der Waals surface area (Å²) in [5, 5.41) is 9.01. The van der Waals surface area contributed by atoms with Crippen LogP contribution in [0.3, 0.4) is 0 Å². The van der Waals surface area contributed by atoms with Crippen LogP contribution in [0, 0.1) is 0 Å². The molecular weight excluding hydrogens is 228 g/mol. The van der Waals surface area contributed by atoms with Crippen LogP contribution in [0.1, 0.15) is 10.5 Å². The molecule has 0 bridgehead atoms. The molecule has 88 valence electrons. The summed E-state index contributed by atoms with van der Waals surface area (Å²) in [6, 6.07) is 4.07. The standard InChI is InChI=1S/C10H14N4O.ClH/c1-11-10(15)9-3-2-7(6-13-9)14-8-4-12-5-8;/h2-3,6,8,12,14H,4-5H2,1H3,(H,11,15);1H. The molecule has 1 aliphatic rings. The molecule has 0 spiro atoms. The van der Waals surface area contributed by atoms with Crippen molar-refractivity contribution in [2.24, 2.45) is 0 Å². The maximum atomic E-state index is 11.2. The number of halogens is 1. The maximum Gasteiger partial charge on any atom is 0.269 e. The van der Waals surface area contributed by atoms with Crippen LogP contribution in [-0.4, -0.2) is 37.1 Å². The van der Waals surface area contributed by atoms with Gasteiger partial charge in [-0.1, -0.05) is 0 Å². The van der Waals surface area contributed by atoms with Gasteiger partial charge in [-0.05, 0) is 12.1 Å². The molecule has 6 heteroatoms. The van der Waals surface area contributed by atoms with Crippen molar-refractivity contribution in [2.45, 2.75) is 6.04 Å². The van der Waals surface area contributed by atoms with Crippen molar-refractivity contribution in [3.63, 3.8) is 0 Å². The van der Waals surface area contributed by atoms with E-state index in [0.29, 0.717) is 11.7 Å². The van der Waals surface area contributed by atoms with Gasteiger partial charge in [0.2, 0.25) is 0 Å². The maximum absolute atomic E-state index is 11.2. The third-order valence-electron chi connectivity index (χ3n) is 2.38. The number of nitrogens with one attached hydrogen (secondary N) is 3. The Balaban J connectivity index is 0.00000128. The lowest BCUT2D eigenvalue weighted by molar-refractivity contribution is 0.0958. The molecule has 0 radical (unpaired) electrons. The van der Waals surface area contributed by atoms with E-state index in [0.717, 1.165) is 18.8 Å². The SMILES string of the molecule is CNC(=O)c1ccc(NC2CNC2)cn1.Cl. The highest BCUT2D eigenvalue weighted by Gasteiger charge is 2.15. The minimum Gasteiger partial charge on any atom is -0.379 e. The normalized spacial score (nSPS) is 14.6. The Morgan fingerprint density at radius 3 is 2.69 bits per heavy atom. The van der Waals surface area contributed by atoms with Gasteiger partial charge < -0.3 is 16.0 Å². The molecule has 1 aromatic heterocycles. The summed E-state index contributed by atoms with van der Waals surface area (Å²) in [7, 11) is 1.59. The van der Waals surface area contributed by atoms with Gasteiger partial charge in [0.15, 0.2) is 0 Å². The molecule has 0 atom stereocenters. The van der Waals surface area contributed by atoms with Gasteiger partial charge >= 0.3 is 0 Å². The van der Waals surface area contributed by atoms with Crippen LogP contribution >= 0.6 is 12.4 Å². The molecule has 1 aliphatic heterocycles. The summed E-state index contributed by atoms with van der Waals surface area (Å²) in [5.74, 6) is -0.160. The van der Waals surface area contributed by atoms with E-state index in [4.69, 9.17) is 0 Å². The van der Waals surface area contributed by atoms with E-state index in [9.17, 15) is 4.79 Å². The van der Waals surface area contributed by atoms with Crippen LogP contribution in [0.2, 0.25) is 0 Å². The number of hydrogen-bond acceptors (Lipinski definition) is 4. The van der Waals surface area contributed by atoms with E-state index in [1.54, 1.807) is 19.3 Å². The Kier molecular flexibility index (Phi) is 4.52. The van der Waals surface area contributed by atoms with Crippen LogP contribution in [0.4, 0.5) is 5.69 Å². The van der Waals surface area contributed by atoms with Crippen LogP contribution in [0.15, 0.2) is 18.3 Å². The summed E-state index contributed by atoms with van der Waals surface area (Å²) >= 11 is 0. The largest absolute Gasteiger partial charge is 0.379 e. The zero-order chi connectivity index (χ0) is 10.7. The highest BCUT2D eigenvalue weighted by atomic mass is 35.5. The lowest BCUT2D eigenvalue weighted by Crippen LogP contribution is -2.51. The average Bonchev–Trinajstić information content (AvgIpc) is 2.23. The van der Waals surface area contributed by atoms with E-state index in [-0.39, 0.29) is 18.3 Å². The molecule has 0 unspecified atom stereocenters. The number of nitrogens with zero attached hydrogens (tertiary/aromatic N) is 1. The Labute approximate surface area is 100 Å². The summed E-state index contributed by atoms with van der Waals surface area (Å²) in [4.78, 5) is 15.3. The fourth-order valence-corrected chi connectivity index (χ4v) is 1.37. The van der Waals surface area contributed by atoms with Gasteiger partial charge in [-0.15, -0.1) is 12.4 Å². The summed E-state index contributed by atoms with van der Waals surface area (Å²) in [6.07, 6.45) is 1.68.